The molecule has 3 unspecified atom stereocenters. The Balaban J connectivity index is 1.76. The fourth-order valence-electron chi connectivity index (χ4n) is 3.16. The van der Waals surface area contributed by atoms with Crippen LogP contribution in [0.1, 0.15) is 30.1 Å². The van der Waals surface area contributed by atoms with Crippen LogP contribution in [0.25, 0.3) is 0 Å². The van der Waals surface area contributed by atoms with Gasteiger partial charge in [-0.3, -0.25) is 4.90 Å². The lowest BCUT2D eigenvalue weighted by molar-refractivity contribution is -0.104. The molecule has 3 rings (SSSR count). The maximum absolute atomic E-state index is 13.3. The number of halogens is 1. The third-order valence-electron chi connectivity index (χ3n) is 4.33. The molecule has 1 aromatic carbocycles. The molecule has 3 atom stereocenters. The van der Waals surface area contributed by atoms with Crippen molar-refractivity contribution in [2.75, 3.05) is 19.7 Å². The first kappa shape index (κ1) is 13.0. The van der Waals surface area contributed by atoms with Crippen LogP contribution >= 0.6 is 0 Å². The van der Waals surface area contributed by atoms with Crippen molar-refractivity contribution in [3.63, 3.8) is 0 Å². The zero-order valence-corrected chi connectivity index (χ0v) is 11.2. The van der Waals surface area contributed by atoms with Crippen molar-refractivity contribution in [1.82, 2.24) is 4.90 Å². The maximum atomic E-state index is 13.3. The molecular weight excluding hydrogens is 245 g/mol. The molecule has 1 aromatic rings. The second-order valence-electron chi connectivity index (χ2n) is 5.61. The summed E-state index contributed by atoms with van der Waals surface area (Å²) < 4.78 is 19.1. The summed E-state index contributed by atoms with van der Waals surface area (Å²) >= 11 is 0. The number of fused-ring (bicyclic) bond motifs is 1. The molecular formula is C15H20FNO2. The smallest absolute Gasteiger partial charge is 0.123 e. The van der Waals surface area contributed by atoms with Crippen LogP contribution in [-0.4, -0.2) is 41.8 Å². The Bertz CT molecular complexity index is 465. The molecule has 2 saturated heterocycles. The Labute approximate surface area is 113 Å². The predicted octanol–water partition coefficient (Wildman–Crippen LogP) is 2.03. The first-order valence-corrected chi connectivity index (χ1v) is 6.95. The van der Waals surface area contributed by atoms with Crippen molar-refractivity contribution in [2.45, 2.75) is 38.0 Å². The molecule has 0 spiro atoms. The summed E-state index contributed by atoms with van der Waals surface area (Å²) in [4.78, 5) is 2.38. The van der Waals surface area contributed by atoms with Gasteiger partial charge >= 0.3 is 0 Å². The minimum atomic E-state index is -0.753. The van der Waals surface area contributed by atoms with Gasteiger partial charge in [0.15, 0.2) is 0 Å². The standard InChI is InChI=1S/C15H20FNO2/c1-10-4-5-11(16)7-13(10)15(18)14-8-17-6-2-3-12(17)9-19-14/h4-5,7,12,14-15,18H,2-3,6,8-9H2,1H3. The lowest BCUT2D eigenvalue weighted by Gasteiger charge is -2.37. The van der Waals surface area contributed by atoms with Gasteiger partial charge in [-0.15, -0.1) is 0 Å². The number of hydrogen-bond donors (Lipinski definition) is 1. The number of aryl methyl sites for hydroxylation is 1. The van der Waals surface area contributed by atoms with Crippen LogP contribution in [0.15, 0.2) is 18.2 Å². The summed E-state index contributed by atoms with van der Waals surface area (Å²) in [5.41, 5.74) is 1.55. The van der Waals surface area contributed by atoms with Crippen molar-refractivity contribution in [3.8, 4) is 0 Å². The summed E-state index contributed by atoms with van der Waals surface area (Å²) in [6.45, 7) is 4.39. The number of benzene rings is 1. The second-order valence-corrected chi connectivity index (χ2v) is 5.61. The Morgan fingerprint density at radius 3 is 3.16 bits per heavy atom. The van der Waals surface area contributed by atoms with Gasteiger partial charge in [0, 0.05) is 12.6 Å². The van der Waals surface area contributed by atoms with Crippen molar-refractivity contribution in [3.05, 3.63) is 35.1 Å². The number of nitrogens with zero attached hydrogens (tertiary/aromatic N) is 1. The lowest BCUT2D eigenvalue weighted by atomic mass is 9.98. The lowest BCUT2D eigenvalue weighted by Crippen LogP contribution is -2.48. The van der Waals surface area contributed by atoms with E-state index in [-0.39, 0.29) is 11.9 Å². The topological polar surface area (TPSA) is 32.7 Å². The largest absolute Gasteiger partial charge is 0.386 e. The Morgan fingerprint density at radius 2 is 2.32 bits per heavy atom. The number of ether oxygens (including phenoxy) is 1. The van der Waals surface area contributed by atoms with E-state index in [1.165, 1.54) is 25.0 Å². The summed E-state index contributed by atoms with van der Waals surface area (Å²) in [7, 11) is 0. The van der Waals surface area contributed by atoms with Gasteiger partial charge in [-0.2, -0.15) is 0 Å². The van der Waals surface area contributed by atoms with Gasteiger partial charge in [0.2, 0.25) is 0 Å². The SMILES string of the molecule is Cc1ccc(F)cc1C(O)C1CN2CCCC2CO1. The van der Waals surface area contributed by atoms with Crippen molar-refractivity contribution >= 4 is 0 Å². The number of hydrogen-bond acceptors (Lipinski definition) is 3. The number of aliphatic hydroxyl groups is 1. The third kappa shape index (κ3) is 2.53. The molecule has 0 radical (unpaired) electrons. The molecule has 0 amide bonds. The molecule has 2 aliphatic heterocycles. The summed E-state index contributed by atoms with van der Waals surface area (Å²) in [6.07, 6.45) is 1.38. The highest BCUT2D eigenvalue weighted by atomic mass is 19.1. The van der Waals surface area contributed by atoms with Crippen molar-refractivity contribution in [1.29, 1.82) is 0 Å². The summed E-state index contributed by atoms with van der Waals surface area (Å²) in [5.74, 6) is -0.311. The van der Waals surface area contributed by atoms with E-state index in [4.69, 9.17) is 4.74 Å². The van der Waals surface area contributed by atoms with Gasteiger partial charge in [0.25, 0.3) is 0 Å². The van der Waals surface area contributed by atoms with Gasteiger partial charge in [0.1, 0.15) is 18.0 Å². The molecule has 0 aliphatic carbocycles. The first-order valence-electron chi connectivity index (χ1n) is 6.95. The Hall–Kier alpha value is -0.970. The zero-order valence-electron chi connectivity index (χ0n) is 11.2. The third-order valence-corrected chi connectivity index (χ3v) is 4.33. The van der Waals surface area contributed by atoms with Gasteiger partial charge in [-0.25, -0.2) is 4.39 Å². The van der Waals surface area contributed by atoms with Gasteiger partial charge < -0.3 is 9.84 Å². The highest BCUT2D eigenvalue weighted by Crippen LogP contribution is 2.30. The monoisotopic (exact) mass is 265 g/mol. The zero-order chi connectivity index (χ0) is 13.4. The van der Waals surface area contributed by atoms with Gasteiger partial charge in [-0.1, -0.05) is 6.07 Å². The molecule has 19 heavy (non-hydrogen) atoms. The minimum absolute atomic E-state index is 0.255. The number of aliphatic hydroxyl groups excluding tert-OH is 1. The van der Waals surface area contributed by atoms with Crippen LogP contribution in [0, 0.1) is 12.7 Å². The molecule has 4 heteroatoms. The molecule has 0 bridgehead atoms. The second kappa shape index (κ2) is 5.19. The number of rotatable bonds is 2. The normalized spacial score (nSPS) is 29.2. The van der Waals surface area contributed by atoms with E-state index in [0.29, 0.717) is 18.2 Å². The first-order chi connectivity index (χ1) is 9.15. The van der Waals surface area contributed by atoms with E-state index < -0.39 is 6.10 Å². The highest BCUT2D eigenvalue weighted by Gasteiger charge is 2.36. The van der Waals surface area contributed by atoms with E-state index in [1.807, 2.05) is 6.92 Å². The van der Waals surface area contributed by atoms with Crippen LogP contribution in [-0.2, 0) is 4.74 Å². The van der Waals surface area contributed by atoms with Crippen LogP contribution < -0.4 is 0 Å². The highest BCUT2D eigenvalue weighted by molar-refractivity contribution is 5.29. The molecule has 2 aliphatic rings. The van der Waals surface area contributed by atoms with Gasteiger partial charge in [0.05, 0.1) is 6.61 Å². The molecule has 1 N–H and O–H groups in total. The molecule has 104 valence electrons. The molecule has 3 nitrogen and oxygen atoms in total. The van der Waals surface area contributed by atoms with E-state index in [9.17, 15) is 9.50 Å². The van der Waals surface area contributed by atoms with Crippen molar-refractivity contribution in [2.24, 2.45) is 0 Å². The quantitative estimate of drug-likeness (QED) is 0.888. The van der Waals surface area contributed by atoms with Crippen LogP contribution in [0.4, 0.5) is 4.39 Å². The van der Waals surface area contributed by atoms with E-state index in [2.05, 4.69) is 4.90 Å². The maximum Gasteiger partial charge on any atom is 0.123 e. The molecule has 0 saturated carbocycles. The number of morpholine rings is 1. The van der Waals surface area contributed by atoms with Crippen LogP contribution in [0.5, 0.6) is 0 Å². The Kier molecular flexibility index (Phi) is 3.56. The van der Waals surface area contributed by atoms with E-state index in [1.54, 1.807) is 6.07 Å². The van der Waals surface area contributed by atoms with Crippen LogP contribution in [0.2, 0.25) is 0 Å². The average molecular weight is 265 g/mol. The fourth-order valence-corrected chi connectivity index (χ4v) is 3.16. The molecule has 2 heterocycles. The van der Waals surface area contributed by atoms with Crippen LogP contribution in [0.3, 0.4) is 0 Å². The van der Waals surface area contributed by atoms with E-state index >= 15 is 0 Å². The molecule has 2 fully saturated rings. The van der Waals surface area contributed by atoms with Crippen molar-refractivity contribution < 1.29 is 14.2 Å². The van der Waals surface area contributed by atoms with E-state index in [0.717, 1.165) is 18.7 Å². The predicted molar refractivity (Wildman–Crippen MR) is 70.4 cm³/mol. The average Bonchev–Trinajstić information content (AvgIpc) is 2.88. The molecule has 0 aromatic heterocycles. The fraction of sp³-hybridized carbons (Fsp3) is 0.600. The van der Waals surface area contributed by atoms with Gasteiger partial charge in [-0.05, 0) is 49.6 Å². The minimum Gasteiger partial charge on any atom is -0.386 e. The summed E-state index contributed by atoms with van der Waals surface area (Å²) in [6, 6.07) is 5.05. The Morgan fingerprint density at radius 1 is 1.47 bits per heavy atom. The summed E-state index contributed by atoms with van der Waals surface area (Å²) in [5, 5.41) is 10.5.